The first-order valence-electron chi connectivity index (χ1n) is 14.6. The van der Waals surface area contributed by atoms with E-state index >= 15 is 0 Å². The SMILES string of the molecule is NC(N)=NCCC[C@H](NC(=O)CCCc1ccc2ccc3cccc4ccc1c2c34)C(=O)NCC(=O)N[C@@H](CC(=O)O)C(=O)O. The van der Waals surface area contributed by atoms with Crippen LogP contribution >= 0.6 is 0 Å². The van der Waals surface area contributed by atoms with Gasteiger partial charge in [0.05, 0.1) is 13.0 Å². The molecule has 9 N–H and O–H groups in total. The van der Waals surface area contributed by atoms with Gasteiger partial charge in [0.25, 0.3) is 0 Å². The van der Waals surface area contributed by atoms with Crippen molar-refractivity contribution in [2.75, 3.05) is 13.1 Å². The van der Waals surface area contributed by atoms with Crippen LogP contribution in [-0.2, 0) is 30.4 Å². The molecule has 4 rings (SSSR count). The minimum Gasteiger partial charge on any atom is -0.481 e. The largest absolute Gasteiger partial charge is 0.481 e. The standard InChI is InChI=1S/C32H36N6O7/c33-32(34)35-15-3-7-23(30(43)36-17-26(40)38-24(31(44)45)16-27(41)42)37-25(39)8-2-4-18-9-10-21-12-11-19-5-1-6-20-13-14-22(18)29(21)28(19)20/h1,5-6,9-14,23-24H,2-4,7-8,15-17H2,(H,36,43)(H,37,39)(H,38,40)(H,41,42)(H,44,45)(H4,33,34,35)/t23-,24-/m0/s1. The van der Waals surface area contributed by atoms with Crippen LogP contribution in [0.5, 0.6) is 0 Å². The van der Waals surface area contributed by atoms with Gasteiger partial charge in [-0.2, -0.15) is 0 Å². The van der Waals surface area contributed by atoms with Crippen LogP contribution in [0.1, 0.15) is 37.7 Å². The molecule has 0 aliphatic rings. The molecule has 0 spiro atoms. The lowest BCUT2D eigenvalue weighted by molar-refractivity contribution is -0.147. The van der Waals surface area contributed by atoms with Crippen molar-refractivity contribution in [3.05, 3.63) is 60.2 Å². The summed E-state index contributed by atoms with van der Waals surface area (Å²) in [5.41, 5.74) is 11.8. The lowest BCUT2D eigenvalue weighted by atomic mass is 9.90. The Morgan fingerprint density at radius 3 is 2.09 bits per heavy atom. The molecule has 0 aromatic heterocycles. The quantitative estimate of drug-likeness (QED) is 0.0419. The third-order valence-electron chi connectivity index (χ3n) is 7.50. The summed E-state index contributed by atoms with van der Waals surface area (Å²) in [6, 6.07) is 16.2. The maximum Gasteiger partial charge on any atom is 0.326 e. The first-order chi connectivity index (χ1) is 21.5. The molecular formula is C32H36N6O7. The molecule has 0 fully saturated rings. The summed E-state index contributed by atoms with van der Waals surface area (Å²) >= 11 is 0. The van der Waals surface area contributed by atoms with Gasteiger partial charge < -0.3 is 37.6 Å². The molecule has 236 valence electrons. The summed E-state index contributed by atoms with van der Waals surface area (Å²) < 4.78 is 0. The number of guanidine groups is 1. The fourth-order valence-electron chi connectivity index (χ4n) is 5.40. The van der Waals surface area contributed by atoms with Gasteiger partial charge >= 0.3 is 11.9 Å². The fourth-order valence-corrected chi connectivity index (χ4v) is 5.40. The molecule has 45 heavy (non-hydrogen) atoms. The van der Waals surface area contributed by atoms with Crippen LogP contribution in [0.4, 0.5) is 0 Å². The van der Waals surface area contributed by atoms with Gasteiger partial charge in [0.1, 0.15) is 12.1 Å². The average molecular weight is 617 g/mol. The number of hydrogen-bond acceptors (Lipinski definition) is 6. The van der Waals surface area contributed by atoms with Gasteiger partial charge in [-0.05, 0) is 63.6 Å². The van der Waals surface area contributed by atoms with Crippen molar-refractivity contribution in [2.45, 2.75) is 50.6 Å². The Kier molecular flexibility index (Phi) is 10.7. The summed E-state index contributed by atoms with van der Waals surface area (Å²) in [6.45, 7) is -0.399. The molecule has 0 unspecified atom stereocenters. The number of carbonyl (C=O) groups is 5. The molecule has 13 nitrogen and oxygen atoms in total. The monoisotopic (exact) mass is 616 g/mol. The number of aryl methyl sites for hydroxylation is 1. The van der Waals surface area contributed by atoms with Gasteiger partial charge in [-0.15, -0.1) is 0 Å². The van der Waals surface area contributed by atoms with Crippen molar-refractivity contribution >= 4 is 67.9 Å². The molecule has 0 bridgehead atoms. The van der Waals surface area contributed by atoms with Crippen molar-refractivity contribution in [3.63, 3.8) is 0 Å². The zero-order chi connectivity index (χ0) is 32.5. The summed E-state index contributed by atoms with van der Waals surface area (Å²) in [6.07, 6.45) is 1.01. The van der Waals surface area contributed by atoms with Crippen LogP contribution in [0.2, 0.25) is 0 Å². The number of carboxylic acid groups (broad SMARTS) is 2. The Morgan fingerprint density at radius 2 is 1.42 bits per heavy atom. The van der Waals surface area contributed by atoms with Crippen LogP contribution in [-0.4, -0.2) is 71.0 Å². The number of benzene rings is 4. The molecule has 0 aliphatic carbocycles. The molecule has 13 heteroatoms. The first-order valence-corrected chi connectivity index (χ1v) is 14.6. The Labute approximate surface area is 258 Å². The highest BCUT2D eigenvalue weighted by molar-refractivity contribution is 6.23. The second-order valence-electron chi connectivity index (χ2n) is 10.8. The van der Waals surface area contributed by atoms with Gasteiger partial charge in [-0.1, -0.05) is 54.6 Å². The Morgan fingerprint density at radius 1 is 0.778 bits per heavy atom. The average Bonchev–Trinajstić information content (AvgIpc) is 3.00. The van der Waals surface area contributed by atoms with Crippen molar-refractivity contribution in [1.29, 1.82) is 0 Å². The number of aliphatic imine (C=N–C) groups is 1. The van der Waals surface area contributed by atoms with Gasteiger partial charge in [-0.3, -0.25) is 24.2 Å². The number of carbonyl (C=O) groups excluding carboxylic acids is 3. The normalized spacial score (nSPS) is 12.4. The van der Waals surface area contributed by atoms with Gasteiger partial charge in [0, 0.05) is 13.0 Å². The number of nitrogens with one attached hydrogen (secondary N) is 3. The maximum absolute atomic E-state index is 12.9. The van der Waals surface area contributed by atoms with Crippen molar-refractivity contribution in [2.24, 2.45) is 16.5 Å². The third kappa shape index (κ3) is 8.56. The molecule has 3 amide bonds. The Balaban J connectivity index is 1.36. The highest BCUT2D eigenvalue weighted by atomic mass is 16.4. The van der Waals surface area contributed by atoms with Gasteiger partial charge in [0.15, 0.2) is 5.96 Å². The number of aliphatic carboxylic acids is 2. The highest BCUT2D eigenvalue weighted by Gasteiger charge is 2.25. The molecule has 4 aromatic rings. The lowest BCUT2D eigenvalue weighted by Gasteiger charge is -2.19. The number of amides is 3. The topological polar surface area (TPSA) is 226 Å². The number of rotatable bonds is 16. The van der Waals surface area contributed by atoms with Crippen LogP contribution < -0.4 is 27.4 Å². The second-order valence-corrected chi connectivity index (χ2v) is 10.8. The maximum atomic E-state index is 12.9. The van der Waals surface area contributed by atoms with E-state index in [-0.39, 0.29) is 31.3 Å². The van der Waals surface area contributed by atoms with E-state index in [2.05, 4.69) is 69.5 Å². The van der Waals surface area contributed by atoms with E-state index in [9.17, 15) is 24.0 Å². The van der Waals surface area contributed by atoms with E-state index in [1.165, 1.54) is 21.5 Å². The van der Waals surface area contributed by atoms with Crippen molar-refractivity contribution in [1.82, 2.24) is 16.0 Å². The first kappa shape index (κ1) is 32.5. The zero-order valence-corrected chi connectivity index (χ0v) is 24.5. The molecule has 2 atom stereocenters. The Hall–Kier alpha value is -5.46. The number of carboxylic acids is 2. The van der Waals surface area contributed by atoms with Crippen LogP contribution in [0.15, 0.2) is 59.6 Å². The zero-order valence-electron chi connectivity index (χ0n) is 24.5. The molecule has 0 saturated heterocycles. The highest BCUT2D eigenvalue weighted by Crippen LogP contribution is 2.36. The van der Waals surface area contributed by atoms with Crippen molar-refractivity contribution < 1.29 is 34.2 Å². The molecular weight excluding hydrogens is 580 g/mol. The van der Waals surface area contributed by atoms with Crippen LogP contribution in [0.3, 0.4) is 0 Å². The summed E-state index contributed by atoms with van der Waals surface area (Å²) in [7, 11) is 0. The van der Waals surface area contributed by atoms with E-state index in [1.54, 1.807) is 0 Å². The molecule has 0 radical (unpaired) electrons. The van der Waals surface area contributed by atoms with Gasteiger partial charge in [0.2, 0.25) is 17.7 Å². The van der Waals surface area contributed by atoms with Crippen LogP contribution in [0, 0.1) is 0 Å². The van der Waals surface area contributed by atoms with Crippen LogP contribution in [0.25, 0.3) is 32.3 Å². The third-order valence-corrected chi connectivity index (χ3v) is 7.50. The molecule has 0 aliphatic heterocycles. The fraction of sp³-hybridized carbons (Fsp3) is 0.312. The molecule has 0 heterocycles. The van der Waals surface area contributed by atoms with E-state index in [1.807, 2.05) is 6.07 Å². The van der Waals surface area contributed by atoms with E-state index in [0.717, 1.165) is 16.3 Å². The number of nitrogens with two attached hydrogens (primary N) is 2. The summed E-state index contributed by atoms with van der Waals surface area (Å²) in [5.74, 6) is -4.96. The minimum atomic E-state index is -1.66. The summed E-state index contributed by atoms with van der Waals surface area (Å²) in [4.78, 5) is 64.0. The van der Waals surface area contributed by atoms with E-state index in [4.69, 9.17) is 21.7 Å². The predicted octanol–water partition coefficient (Wildman–Crippen LogP) is 1.61. The molecule has 0 saturated carbocycles. The van der Waals surface area contributed by atoms with E-state index < -0.39 is 48.8 Å². The van der Waals surface area contributed by atoms with Gasteiger partial charge in [-0.25, -0.2) is 4.79 Å². The number of nitrogens with zero attached hydrogens (tertiary/aromatic N) is 1. The predicted molar refractivity (Wildman–Crippen MR) is 170 cm³/mol. The minimum absolute atomic E-state index is 0.113. The van der Waals surface area contributed by atoms with E-state index in [0.29, 0.717) is 19.3 Å². The lowest BCUT2D eigenvalue weighted by Crippen LogP contribution is -2.51. The summed E-state index contributed by atoms with van der Waals surface area (Å²) in [5, 5.41) is 32.1. The smallest absolute Gasteiger partial charge is 0.326 e. The molecule has 4 aromatic carbocycles. The van der Waals surface area contributed by atoms with Crippen molar-refractivity contribution in [3.8, 4) is 0 Å². The second kappa shape index (κ2) is 14.8. The number of hydrogen-bond donors (Lipinski definition) is 7. The Bertz CT molecular complexity index is 1730.